The fourth-order valence-electron chi connectivity index (χ4n) is 5.41. The van der Waals surface area contributed by atoms with Gasteiger partial charge in [0.1, 0.15) is 5.82 Å². The molecule has 2 N–H and O–H groups in total. The first-order chi connectivity index (χ1) is 19.4. The average molecular weight is 553 g/mol. The van der Waals surface area contributed by atoms with Crippen LogP contribution in [0.15, 0.2) is 82.2 Å². The Morgan fingerprint density at radius 3 is 2.55 bits per heavy atom. The van der Waals surface area contributed by atoms with Crippen LogP contribution in [0.25, 0.3) is 5.57 Å². The number of imidazole rings is 1. The van der Waals surface area contributed by atoms with Crippen LogP contribution in [0, 0.1) is 18.3 Å². The smallest absolute Gasteiger partial charge is 0.196 e. The Hall–Kier alpha value is -4.19. The van der Waals surface area contributed by atoms with Crippen LogP contribution in [0.1, 0.15) is 42.4 Å². The molecule has 1 unspecified atom stereocenters. The van der Waals surface area contributed by atoms with Gasteiger partial charge in [0.25, 0.3) is 0 Å². The molecule has 0 spiro atoms. The predicted octanol–water partition coefficient (Wildman–Crippen LogP) is 5.48. The first-order valence-corrected chi connectivity index (χ1v) is 13.8. The van der Waals surface area contributed by atoms with E-state index in [9.17, 15) is 0 Å². The lowest BCUT2D eigenvalue weighted by atomic mass is 9.93. The summed E-state index contributed by atoms with van der Waals surface area (Å²) in [5.74, 6) is 1.45. The number of aryl methyl sites for hydroxylation is 1. The van der Waals surface area contributed by atoms with Crippen LogP contribution < -0.4 is 5.73 Å². The molecule has 204 valence electrons. The fraction of sp³-hybridized carbons (Fsp3) is 0.290. The van der Waals surface area contributed by atoms with Gasteiger partial charge in [-0.3, -0.25) is 9.89 Å². The van der Waals surface area contributed by atoms with Crippen LogP contribution in [0.5, 0.6) is 0 Å². The van der Waals surface area contributed by atoms with Crippen LogP contribution in [0.4, 0.5) is 5.69 Å². The Labute approximate surface area is 240 Å². The largest absolute Gasteiger partial charge is 0.369 e. The molecule has 9 heteroatoms. The van der Waals surface area contributed by atoms with Crippen molar-refractivity contribution in [3.63, 3.8) is 0 Å². The molecule has 0 bridgehead atoms. The van der Waals surface area contributed by atoms with E-state index in [1.807, 2.05) is 50.7 Å². The number of hydrogen-bond acceptors (Lipinski definition) is 5. The zero-order valence-corrected chi connectivity index (χ0v) is 23.8. The van der Waals surface area contributed by atoms with Crippen molar-refractivity contribution >= 4 is 35.0 Å². The number of benzene rings is 2. The lowest BCUT2D eigenvalue weighted by Crippen LogP contribution is -2.52. The molecule has 1 saturated heterocycles. The van der Waals surface area contributed by atoms with E-state index in [0.717, 1.165) is 54.5 Å². The highest BCUT2D eigenvalue weighted by molar-refractivity contribution is 6.30. The maximum absolute atomic E-state index is 9.04. The summed E-state index contributed by atoms with van der Waals surface area (Å²) < 4.78 is 2.15. The molecule has 1 aliphatic carbocycles. The predicted molar refractivity (Wildman–Crippen MR) is 162 cm³/mol. The summed E-state index contributed by atoms with van der Waals surface area (Å²) >= 11 is 6.56. The molecule has 1 fully saturated rings. The van der Waals surface area contributed by atoms with E-state index in [2.05, 4.69) is 55.5 Å². The molecule has 1 aromatic heterocycles. The number of rotatable bonds is 5. The Kier molecular flexibility index (Phi) is 8.15. The van der Waals surface area contributed by atoms with E-state index in [-0.39, 0.29) is 6.04 Å². The second-order valence-electron chi connectivity index (χ2n) is 10.0. The van der Waals surface area contributed by atoms with Gasteiger partial charge in [-0.1, -0.05) is 23.7 Å². The number of halogens is 1. The summed E-state index contributed by atoms with van der Waals surface area (Å²) in [5, 5.41) is 9.75. The monoisotopic (exact) mass is 552 g/mol. The van der Waals surface area contributed by atoms with Crippen molar-refractivity contribution in [3.8, 4) is 6.07 Å². The summed E-state index contributed by atoms with van der Waals surface area (Å²) in [4.78, 5) is 18.5. The number of guanidine groups is 1. The summed E-state index contributed by atoms with van der Waals surface area (Å²) in [6, 6.07) is 15.4. The maximum atomic E-state index is 9.04. The minimum Gasteiger partial charge on any atom is -0.369 e. The van der Waals surface area contributed by atoms with E-state index in [4.69, 9.17) is 27.6 Å². The third-order valence-corrected chi connectivity index (χ3v) is 7.72. The summed E-state index contributed by atoms with van der Waals surface area (Å²) in [7, 11) is 0. The third-order valence-electron chi connectivity index (χ3n) is 7.49. The summed E-state index contributed by atoms with van der Waals surface area (Å²) in [6.07, 6.45) is 7.96. The molecule has 0 amide bonds. The van der Waals surface area contributed by atoms with E-state index >= 15 is 0 Å². The van der Waals surface area contributed by atoms with Crippen LogP contribution in [-0.2, 0) is 6.54 Å². The Balaban J connectivity index is 1.44. The van der Waals surface area contributed by atoms with E-state index in [0.29, 0.717) is 23.1 Å². The molecule has 2 aliphatic rings. The lowest BCUT2D eigenvalue weighted by Gasteiger charge is -2.40. The first kappa shape index (κ1) is 27.4. The zero-order valence-electron chi connectivity index (χ0n) is 23.0. The topological polar surface area (TPSA) is 98.8 Å². The van der Waals surface area contributed by atoms with Crippen LogP contribution in [-0.4, -0.2) is 57.7 Å². The van der Waals surface area contributed by atoms with Crippen molar-refractivity contribution in [1.29, 1.82) is 5.26 Å². The average Bonchev–Trinajstić information content (AvgIpc) is 3.33. The van der Waals surface area contributed by atoms with Gasteiger partial charge in [0, 0.05) is 56.4 Å². The molecule has 0 radical (unpaired) electrons. The van der Waals surface area contributed by atoms with Crippen LogP contribution in [0.3, 0.4) is 0 Å². The van der Waals surface area contributed by atoms with Gasteiger partial charge in [-0.25, -0.2) is 9.98 Å². The number of nitriles is 1. The van der Waals surface area contributed by atoms with Crippen molar-refractivity contribution in [3.05, 3.63) is 99.7 Å². The number of nitrogens with zero attached hydrogens (tertiary/aromatic N) is 7. The molecule has 2 aromatic carbocycles. The maximum Gasteiger partial charge on any atom is 0.196 e. The van der Waals surface area contributed by atoms with Crippen LogP contribution in [0.2, 0.25) is 5.02 Å². The number of fused-ring (bicyclic) bond motifs is 1. The van der Waals surface area contributed by atoms with Crippen molar-refractivity contribution in [2.75, 3.05) is 26.2 Å². The molecule has 2 heterocycles. The van der Waals surface area contributed by atoms with Crippen molar-refractivity contribution in [2.24, 2.45) is 15.7 Å². The lowest BCUT2D eigenvalue weighted by molar-refractivity contribution is 0.146. The van der Waals surface area contributed by atoms with Gasteiger partial charge >= 0.3 is 0 Å². The molecule has 3 aromatic rings. The molecule has 0 saturated carbocycles. The first-order valence-electron chi connectivity index (χ1n) is 13.4. The minimum absolute atomic E-state index is 0.0278. The van der Waals surface area contributed by atoms with Crippen LogP contribution >= 0.6 is 11.6 Å². The van der Waals surface area contributed by atoms with E-state index < -0.39 is 0 Å². The number of piperazine rings is 1. The van der Waals surface area contributed by atoms with Gasteiger partial charge < -0.3 is 15.2 Å². The highest BCUT2D eigenvalue weighted by atomic mass is 35.5. The van der Waals surface area contributed by atoms with E-state index in [1.165, 1.54) is 11.1 Å². The standard InChI is InChI=1S/C31H33ClN8/c1-4-35-29-21(2)17-24(20-40-12-11-36-22(40)3)28-18-25(32)7-10-27(28)30(29)38-13-15-39(16-14-38)31(34)37-26-8-5-23(19-33)6-9-26/h4-12,17-18,30H,13-16,20H2,1-3H3,(H2,34,37). The van der Waals surface area contributed by atoms with Gasteiger partial charge in [-0.15, -0.1) is 0 Å². The molecule has 5 rings (SSSR count). The summed E-state index contributed by atoms with van der Waals surface area (Å²) in [5.41, 5.74) is 13.4. The number of allylic oxidation sites excluding steroid dienone is 3. The van der Waals surface area contributed by atoms with Gasteiger partial charge in [-0.2, -0.15) is 5.26 Å². The third kappa shape index (κ3) is 5.71. The summed E-state index contributed by atoms with van der Waals surface area (Å²) in [6.45, 7) is 9.88. The van der Waals surface area contributed by atoms with Gasteiger partial charge in [0.2, 0.25) is 0 Å². The fourth-order valence-corrected chi connectivity index (χ4v) is 5.58. The normalized spacial score (nSPS) is 18.5. The van der Waals surface area contributed by atoms with Crippen molar-refractivity contribution in [2.45, 2.75) is 33.4 Å². The SMILES string of the molecule is CC=NC1=C(C)C=C(Cn2ccnc2C)c2cc(Cl)ccc2C1N1CCN(C(N)=Nc2ccc(C#N)cc2)CC1. The number of nitrogens with two attached hydrogens (primary N) is 1. The number of hydrogen-bond donors (Lipinski definition) is 1. The minimum atomic E-state index is -0.0278. The van der Waals surface area contributed by atoms with Gasteiger partial charge in [0.15, 0.2) is 5.96 Å². The quantitative estimate of drug-likeness (QED) is 0.333. The highest BCUT2D eigenvalue weighted by Gasteiger charge is 2.33. The van der Waals surface area contributed by atoms with E-state index in [1.54, 1.807) is 12.1 Å². The Bertz CT molecular complexity index is 1550. The van der Waals surface area contributed by atoms with Crippen molar-refractivity contribution < 1.29 is 0 Å². The van der Waals surface area contributed by atoms with Gasteiger partial charge in [0.05, 0.1) is 29.1 Å². The number of aliphatic imine (C=N–C) groups is 2. The molecule has 40 heavy (non-hydrogen) atoms. The number of aromatic nitrogens is 2. The Morgan fingerprint density at radius 1 is 1.15 bits per heavy atom. The molecule has 8 nitrogen and oxygen atoms in total. The molecular formula is C31H33ClN8. The molecule has 1 atom stereocenters. The second-order valence-corrected chi connectivity index (χ2v) is 10.4. The van der Waals surface area contributed by atoms with Gasteiger partial charge in [-0.05, 0) is 79.4 Å². The Morgan fingerprint density at radius 2 is 1.90 bits per heavy atom. The molecular weight excluding hydrogens is 520 g/mol. The zero-order chi connectivity index (χ0) is 28.2. The highest BCUT2D eigenvalue weighted by Crippen LogP contribution is 2.41. The van der Waals surface area contributed by atoms with Crippen molar-refractivity contribution in [1.82, 2.24) is 19.4 Å². The second kappa shape index (κ2) is 11.9. The molecule has 1 aliphatic heterocycles.